The number of amides is 2. The number of H-pyrrole nitrogens is 1. The summed E-state index contributed by atoms with van der Waals surface area (Å²) >= 11 is 12.1. The fourth-order valence-electron chi connectivity index (χ4n) is 2.85. The number of aromatic amines is 1. The van der Waals surface area contributed by atoms with Crippen molar-refractivity contribution < 1.29 is 9.59 Å². The van der Waals surface area contributed by atoms with Crippen molar-refractivity contribution in [1.29, 1.82) is 0 Å². The van der Waals surface area contributed by atoms with Gasteiger partial charge >= 0.3 is 0 Å². The van der Waals surface area contributed by atoms with Crippen molar-refractivity contribution in [1.82, 2.24) is 20.4 Å². The second-order valence-corrected chi connectivity index (χ2v) is 6.73. The summed E-state index contributed by atoms with van der Waals surface area (Å²) in [7, 11) is 0. The van der Waals surface area contributed by atoms with Gasteiger partial charge in [-0.2, -0.15) is 5.10 Å². The van der Waals surface area contributed by atoms with Crippen LogP contribution in [0.2, 0.25) is 10.0 Å². The van der Waals surface area contributed by atoms with E-state index in [9.17, 15) is 9.59 Å². The molecule has 7 nitrogen and oxygen atoms in total. The van der Waals surface area contributed by atoms with Gasteiger partial charge < -0.3 is 15.5 Å². The fourth-order valence-corrected chi connectivity index (χ4v) is 3.34. The first-order valence-electron chi connectivity index (χ1n) is 8.31. The predicted octanol–water partition coefficient (Wildman–Crippen LogP) is 2.88. The van der Waals surface area contributed by atoms with Crippen molar-refractivity contribution in [2.75, 3.05) is 25.0 Å². The highest BCUT2D eigenvalue weighted by atomic mass is 35.5. The summed E-state index contributed by atoms with van der Waals surface area (Å²) in [6, 6.07) is 4.96. The molecule has 0 atom stereocenters. The molecule has 2 amide bonds. The Morgan fingerprint density at radius 3 is 2.67 bits per heavy atom. The summed E-state index contributed by atoms with van der Waals surface area (Å²) in [5, 5.41) is 13.7. The number of nitrogens with one attached hydrogen (secondary N) is 3. The molecule has 0 spiro atoms. The number of carbonyl (C=O) groups excluding carboxylic acids is 2. The van der Waals surface area contributed by atoms with Crippen molar-refractivity contribution in [2.45, 2.75) is 19.9 Å². The van der Waals surface area contributed by atoms with Gasteiger partial charge in [0.2, 0.25) is 5.91 Å². The molecule has 3 N–H and O–H groups in total. The average molecular weight is 433 g/mol. The van der Waals surface area contributed by atoms with Crippen LogP contribution < -0.4 is 10.6 Å². The van der Waals surface area contributed by atoms with E-state index in [4.69, 9.17) is 23.2 Å². The van der Waals surface area contributed by atoms with Gasteiger partial charge in [-0.15, -0.1) is 12.4 Å². The van der Waals surface area contributed by atoms with Gasteiger partial charge in [0.05, 0.1) is 15.7 Å². The lowest BCUT2D eigenvalue weighted by Crippen LogP contribution is -2.39. The Bertz CT molecular complexity index is 820. The third-order valence-electron chi connectivity index (χ3n) is 4.24. The van der Waals surface area contributed by atoms with Crippen LogP contribution in [0.15, 0.2) is 18.2 Å². The third-order valence-corrected chi connectivity index (χ3v) is 4.87. The van der Waals surface area contributed by atoms with Gasteiger partial charge in [0.25, 0.3) is 5.91 Å². The molecule has 0 saturated heterocycles. The SMILES string of the molecule is CCN(CC(=O)Nc1c(Cl)cccc1Cl)C(=O)c1n[nH]c2c1CNCC2.Cl. The maximum Gasteiger partial charge on any atom is 0.275 e. The number of fused-ring (bicyclic) bond motifs is 1. The maximum atomic E-state index is 12.8. The zero-order valence-electron chi connectivity index (χ0n) is 14.6. The highest BCUT2D eigenvalue weighted by molar-refractivity contribution is 6.39. The first kappa shape index (κ1) is 21.5. The minimum atomic E-state index is -0.377. The van der Waals surface area contributed by atoms with Gasteiger partial charge in [0.1, 0.15) is 6.54 Å². The Balaban J connectivity index is 0.00000261. The zero-order chi connectivity index (χ0) is 18.7. The fraction of sp³-hybridized carbons (Fsp3) is 0.353. The number of carbonyl (C=O) groups is 2. The topological polar surface area (TPSA) is 90.1 Å². The van der Waals surface area contributed by atoms with Crippen LogP contribution in [-0.4, -0.2) is 46.5 Å². The second kappa shape index (κ2) is 9.41. The number of aromatic nitrogens is 2. The molecule has 0 radical (unpaired) electrons. The normalized spacial score (nSPS) is 12.7. The van der Waals surface area contributed by atoms with E-state index < -0.39 is 0 Å². The van der Waals surface area contributed by atoms with Gasteiger partial charge in [-0.25, -0.2) is 0 Å². The molecular formula is C17H20Cl3N5O2. The van der Waals surface area contributed by atoms with Crippen LogP contribution in [0.4, 0.5) is 5.69 Å². The van der Waals surface area contributed by atoms with Gasteiger partial charge in [-0.3, -0.25) is 14.7 Å². The molecule has 3 rings (SSSR count). The summed E-state index contributed by atoms with van der Waals surface area (Å²) < 4.78 is 0. The molecule has 1 aliphatic rings. The van der Waals surface area contributed by atoms with E-state index in [1.807, 2.05) is 6.92 Å². The molecule has 1 aliphatic heterocycles. The van der Waals surface area contributed by atoms with E-state index in [0.717, 1.165) is 24.2 Å². The number of anilines is 1. The molecule has 2 heterocycles. The molecule has 0 aliphatic carbocycles. The molecule has 27 heavy (non-hydrogen) atoms. The highest BCUT2D eigenvalue weighted by Crippen LogP contribution is 2.29. The second-order valence-electron chi connectivity index (χ2n) is 5.92. The van der Waals surface area contributed by atoms with Crippen LogP contribution in [0.1, 0.15) is 28.7 Å². The number of hydrogen-bond donors (Lipinski definition) is 3. The number of rotatable bonds is 5. The molecule has 10 heteroatoms. The van der Waals surface area contributed by atoms with Crippen LogP contribution in [0.25, 0.3) is 0 Å². The predicted molar refractivity (Wildman–Crippen MR) is 108 cm³/mol. The van der Waals surface area contributed by atoms with Crippen LogP contribution >= 0.6 is 35.6 Å². The van der Waals surface area contributed by atoms with Gasteiger partial charge in [-0.1, -0.05) is 29.3 Å². The summed E-state index contributed by atoms with van der Waals surface area (Å²) in [5.74, 6) is -0.660. The maximum absolute atomic E-state index is 12.8. The van der Waals surface area contributed by atoms with Crippen molar-refractivity contribution in [3.05, 3.63) is 45.2 Å². The van der Waals surface area contributed by atoms with E-state index in [-0.39, 0.29) is 30.8 Å². The Kier molecular flexibility index (Phi) is 7.49. The molecular weight excluding hydrogens is 413 g/mol. The number of hydrogen-bond acceptors (Lipinski definition) is 4. The lowest BCUT2D eigenvalue weighted by molar-refractivity contribution is -0.116. The van der Waals surface area contributed by atoms with E-state index in [1.165, 1.54) is 4.90 Å². The first-order chi connectivity index (χ1) is 12.5. The van der Waals surface area contributed by atoms with Crippen LogP contribution in [-0.2, 0) is 17.8 Å². The number of para-hydroxylation sites is 1. The Morgan fingerprint density at radius 1 is 1.30 bits per heavy atom. The van der Waals surface area contributed by atoms with Crippen molar-refractivity contribution in [2.24, 2.45) is 0 Å². The molecule has 0 saturated carbocycles. The third kappa shape index (κ3) is 4.73. The summed E-state index contributed by atoms with van der Waals surface area (Å²) in [6.45, 7) is 3.50. The van der Waals surface area contributed by atoms with Gasteiger partial charge in [0.15, 0.2) is 5.69 Å². The molecule has 0 unspecified atom stereocenters. The van der Waals surface area contributed by atoms with Gasteiger partial charge in [-0.05, 0) is 19.1 Å². The largest absolute Gasteiger partial charge is 0.328 e. The summed E-state index contributed by atoms with van der Waals surface area (Å²) in [6.07, 6.45) is 0.799. The Morgan fingerprint density at radius 2 is 2.00 bits per heavy atom. The van der Waals surface area contributed by atoms with Gasteiger partial charge in [0, 0.05) is 37.3 Å². The standard InChI is InChI=1S/C17H19Cl2N5O2.ClH/c1-2-24(9-14(25)21-16-11(18)4-3-5-12(16)19)17(26)15-10-8-20-7-6-13(10)22-23-15;/h3-5,20H,2,6-9H2,1H3,(H,21,25)(H,22,23);1H. The Labute approximate surface area is 173 Å². The van der Waals surface area contributed by atoms with Crippen molar-refractivity contribution >= 4 is 53.1 Å². The number of nitrogens with zero attached hydrogens (tertiary/aromatic N) is 2. The van der Waals surface area contributed by atoms with E-state index in [0.29, 0.717) is 34.5 Å². The van der Waals surface area contributed by atoms with Crippen LogP contribution in [0.5, 0.6) is 0 Å². The lowest BCUT2D eigenvalue weighted by atomic mass is 10.1. The highest BCUT2D eigenvalue weighted by Gasteiger charge is 2.26. The minimum Gasteiger partial charge on any atom is -0.328 e. The van der Waals surface area contributed by atoms with Crippen LogP contribution in [0.3, 0.4) is 0 Å². The number of halogens is 3. The first-order valence-corrected chi connectivity index (χ1v) is 9.06. The summed E-state index contributed by atoms with van der Waals surface area (Å²) in [5.41, 5.74) is 2.54. The molecule has 1 aromatic heterocycles. The Hall–Kier alpha value is -1.80. The summed E-state index contributed by atoms with van der Waals surface area (Å²) in [4.78, 5) is 26.6. The quantitative estimate of drug-likeness (QED) is 0.677. The molecule has 2 aromatic rings. The van der Waals surface area contributed by atoms with Crippen LogP contribution in [0, 0.1) is 0 Å². The minimum absolute atomic E-state index is 0. The average Bonchev–Trinajstić information content (AvgIpc) is 3.06. The molecule has 0 bridgehead atoms. The lowest BCUT2D eigenvalue weighted by Gasteiger charge is -2.21. The number of benzene rings is 1. The molecule has 146 valence electrons. The zero-order valence-corrected chi connectivity index (χ0v) is 17.0. The monoisotopic (exact) mass is 431 g/mol. The molecule has 0 fully saturated rings. The smallest absolute Gasteiger partial charge is 0.275 e. The van der Waals surface area contributed by atoms with E-state index in [2.05, 4.69) is 20.8 Å². The van der Waals surface area contributed by atoms with Crippen molar-refractivity contribution in [3.63, 3.8) is 0 Å². The van der Waals surface area contributed by atoms with E-state index in [1.54, 1.807) is 18.2 Å². The number of likely N-dealkylation sites (N-methyl/N-ethyl adjacent to an activating group) is 1. The van der Waals surface area contributed by atoms with E-state index >= 15 is 0 Å². The molecule has 1 aromatic carbocycles. The van der Waals surface area contributed by atoms with Crippen molar-refractivity contribution in [3.8, 4) is 0 Å².